The van der Waals surface area contributed by atoms with Gasteiger partial charge in [0.15, 0.2) is 0 Å². The summed E-state index contributed by atoms with van der Waals surface area (Å²) in [5, 5.41) is 0. The van der Waals surface area contributed by atoms with Crippen molar-refractivity contribution in [3.8, 4) is 5.75 Å². The van der Waals surface area contributed by atoms with Gasteiger partial charge in [-0.25, -0.2) is 0 Å². The van der Waals surface area contributed by atoms with Crippen molar-refractivity contribution in [3.63, 3.8) is 0 Å². The molecule has 0 aliphatic carbocycles. The lowest BCUT2D eigenvalue weighted by molar-refractivity contribution is 0.295. The van der Waals surface area contributed by atoms with Gasteiger partial charge in [-0.1, -0.05) is 32.9 Å². The summed E-state index contributed by atoms with van der Waals surface area (Å²) in [5.74, 6) is 0.903. The van der Waals surface area contributed by atoms with E-state index >= 15 is 0 Å². The molecule has 2 N–H and O–H groups in total. The van der Waals surface area contributed by atoms with Gasteiger partial charge in [-0.05, 0) is 30.0 Å². The van der Waals surface area contributed by atoms with Crippen molar-refractivity contribution in [2.24, 2.45) is 5.73 Å². The van der Waals surface area contributed by atoms with E-state index < -0.39 is 0 Å². The lowest BCUT2D eigenvalue weighted by Crippen LogP contribution is -2.23. The first kappa shape index (κ1) is 12.1. The highest BCUT2D eigenvalue weighted by Crippen LogP contribution is 2.25. The molecule has 0 fully saturated rings. The van der Waals surface area contributed by atoms with Gasteiger partial charge in [0.25, 0.3) is 0 Å². The van der Waals surface area contributed by atoms with E-state index in [1.165, 1.54) is 5.56 Å². The summed E-state index contributed by atoms with van der Waals surface area (Å²) in [5.41, 5.74) is 7.08. The normalized spacial score (nSPS) is 13.7. The van der Waals surface area contributed by atoms with Crippen LogP contribution in [0.15, 0.2) is 24.3 Å². The molecule has 0 heterocycles. The molecular weight excluding hydrogens is 186 g/mol. The summed E-state index contributed by atoms with van der Waals surface area (Å²) < 4.78 is 5.58. The molecule has 0 amide bonds. The number of rotatable bonds is 3. The van der Waals surface area contributed by atoms with Crippen molar-refractivity contribution in [2.75, 3.05) is 6.61 Å². The van der Waals surface area contributed by atoms with E-state index in [2.05, 4.69) is 32.9 Å². The zero-order valence-corrected chi connectivity index (χ0v) is 10.1. The van der Waals surface area contributed by atoms with E-state index in [4.69, 9.17) is 10.5 Å². The fourth-order valence-electron chi connectivity index (χ4n) is 1.28. The van der Waals surface area contributed by atoms with Gasteiger partial charge in [0.1, 0.15) is 12.4 Å². The van der Waals surface area contributed by atoms with Crippen LogP contribution in [0.5, 0.6) is 5.75 Å². The van der Waals surface area contributed by atoms with Gasteiger partial charge >= 0.3 is 0 Å². The third-order valence-electron chi connectivity index (χ3n) is 2.21. The summed E-state index contributed by atoms with van der Waals surface area (Å²) in [6.45, 7) is 9.08. The van der Waals surface area contributed by atoms with Crippen LogP contribution in [0.25, 0.3) is 0 Å². The number of ether oxygens (including phenoxy) is 1. The van der Waals surface area contributed by atoms with Crippen molar-refractivity contribution in [3.05, 3.63) is 29.8 Å². The number of hydrogen-bond acceptors (Lipinski definition) is 2. The SMILES string of the molecule is C[C@H](N)COc1cccc(C(C)(C)C)c1. The van der Waals surface area contributed by atoms with Crippen molar-refractivity contribution >= 4 is 0 Å². The predicted octanol–water partition coefficient (Wildman–Crippen LogP) is 2.71. The summed E-state index contributed by atoms with van der Waals surface area (Å²) in [7, 11) is 0. The first-order valence-electron chi connectivity index (χ1n) is 5.38. The Morgan fingerprint density at radius 3 is 2.53 bits per heavy atom. The molecule has 0 aliphatic heterocycles. The highest BCUT2D eigenvalue weighted by atomic mass is 16.5. The molecule has 1 aromatic rings. The van der Waals surface area contributed by atoms with Crippen molar-refractivity contribution in [2.45, 2.75) is 39.2 Å². The van der Waals surface area contributed by atoms with Crippen molar-refractivity contribution < 1.29 is 4.74 Å². The van der Waals surface area contributed by atoms with Crippen molar-refractivity contribution in [1.29, 1.82) is 0 Å². The Bertz CT molecular complexity index is 313. The van der Waals surface area contributed by atoms with Crippen LogP contribution in [-0.4, -0.2) is 12.6 Å². The zero-order valence-electron chi connectivity index (χ0n) is 10.1. The summed E-state index contributed by atoms with van der Waals surface area (Å²) in [6.07, 6.45) is 0. The lowest BCUT2D eigenvalue weighted by atomic mass is 9.87. The molecule has 0 unspecified atom stereocenters. The van der Waals surface area contributed by atoms with Crippen LogP contribution in [0, 0.1) is 0 Å². The minimum absolute atomic E-state index is 0.0725. The average Bonchev–Trinajstić information content (AvgIpc) is 2.14. The van der Waals surface area contributed by atoms with Gasteiger partial charge in [-0.3, -0.25) is 0 Å². The van der Waals surface area contributed by atoms with E-state index in [-0.39, 0.29) is 11.5 Å². The van der Waals surface area contributed by atoms with Gasteiger partial charge in [-0.15, -0.1) is 0 Å². The fraction of sp³-hybridized carbons (Fsp3) is 0.538. The third kappa shape index (κ3) is 3.92. The van der Waals surface area contributed by atoms with Crippen LogP contribution in [0.4, 0.5) is 0 Å². The largest absolute Gasteiger partial charge is 0.492 e. The maximum Gasteiger partial charge on any atom is 0.119 e. The van der Waals surface area contributed by atoms with E-state index in [1.54, 1.807) is 0 Å². The van der Waals surface area contributed by atoms with Gasteiger partial charge in [0.05, 0.1) is 0 Å². The molecule has 15 heavy (non-hydrogen) atoms. The Morgan fingerprint density at radius 2 is 2.00 bits per heavy atom. The minimum atomic E-state index is 0.0725. The molecule has 1 atom stereocenters. The topological polar surface area (TPSA) is 35.2 Å². The summed E-state index contributed by atoms with van der Waals surface area (Å²) in [6, 6.07) is 8.28. The van der Waals surface area contributed by atoms with Crippen LogP contribution in [0.3, 0.4) is 0 Å². The molecule has 0 aliphatic rings. The van der Waals surface area contributed by atoms with Gasteiger partial charge in [0, 0.05) is 6.04 Å². The number of nitrogens with two attached hydrogens (primary N) is 1. The highest BCUT2D eigenvalue weighted by Gasteiger charge is 2.13. The van der Waals surface area contributed by atoms with Gasteiger partial charge in [0.2, 0.25) is 0 Å². The maximum absolute atomic E-state index is 5.64. The van der Waals surface area contributed by atoms with Crippen LogP contribution in [-0.2, 0) is 5.41 Å². The second-order valence-corrected chi connectivity index (χ2v) is 5.07. The second-order valence-electron chi connectivity index (χ2n) is 5.07. The number of hydrogen-bond donors (Lipinski definition) is 1. The molecule has 0 bridgehead atoms. The smallest absolute Gasteiger partial charge is 0.119 e. The van der Waals surface area contributed by atoms with Crippen LogP contribution in [0.2, 0.25) is 0 Å². The van der Waals surface area contributed by atoms with Crippen LogP contribution in [0.1, 0.15) is 33.3 Å². The molecule has 0 saturated carbocycles. The number of benzene rings is 1. The molecule has 0 radical (unpaired) electrons. The predicted molar refractivity (Wildman–Crippen MR) is 64.3 cm³/mol. The molecule has 2 heteroatoms. The Labute approximate surface area is 92.4 Å². The average molecular weight is 207 g/mol. The maximum atomic E-state index is 5.64. The Balaban J connectivity index is 2.75. The monoisotopic (exact) mass is 207 g/mol. The molecule has 1 aromatic carbocycles. The zero-order chi connectivity index (χ0) is 11.5. The standard InChI is InChI=1S/C13H21NO/c1-10(14)9-15-12-7-5-6-11(8-12)13(2,3)4/h5-8,10H,9,14H2,1-4H3/t10-/m0/s1. The first-order chi connectivity index (χ1) is 6.89. The molecular formula is C13H21NO. The fourth-order valence-corrected chi connectivity index (χ4v) is 1.28. The highest BCUT2D eigenvalue weighted by molar-refractivity contribution is 5.32. The van der Waals surface area contributed by atoms with E-state index in [0.29, 0.717) is 6.61 Å². The van der Waals surface area contributed by atoms with Gasteiger partial charge in [-0.2, -0.15) is 0 Å². The minimum Gasteiger partial charge on any atom is -0.492 e. The molecule has 0 spiro atoms. The Hall–Kier alpha value is -1.02. The van der Waals surface area contributed by atoms with Crippen LogP contribution < -0.4 is 10.5 Å². The van der Waals surface area contributed by atoms with Crippen molar-refractivity contribution in [1.82, 2.24) is 0 Å². The Kier molecular flexibility index (Phi) is 3.75. The molecule has 0 saturated heterocycles. The van der Waals surface area contributed by atoms with E-state index in [9.17, 15) is 0 Å². The van der Waals surface area contributed by atoms with E-state index in [1.807, 2.05) is 19.1 Å². The molecule has 0 aromatic heterocycles. The van der Waals surface area contributed by atoms with Gasteiger partial charge < -0.3 is 10.5 Å². The molecule has 2 nitrogen and oxygen atoms in total. The Morgan fingerprint density at radius 1 is 1.33 bits per heavy atom. The molecule has 84 valence electrons. The quantitative estimate of drug-likeness (QED) is 0.827. The lowest BCUT2D eigenvalue weighted by Gasteiger charge is -2.20. The summed E-state index contributed by atoms with van der Waals surface area (Å²) in [4.78, 5) is 0. The summed E-state index contributed by atoms with van der Waals surface area (Å²) >= 11 is 0. The van der Waals surface area contributed by atoms with Crippen LogP contribution >= 0.6 is 0 Å². The third-order valence-corrected chi connectivity index (χ3v) is 2.21. The second kappa shape index (κ2) is 4.67. The molecule has 1 rings (SSSR count). The first-order valence-corrected chi connectivity index (χ1v) is 5.38. The van der Waals surface area contributed by atoms with E-state index in [0.717, 1.165) is 5.75 Å².